The van der Waals surface area contributed by atoms with Crippen molar-refractivity contribution in [3.63, 3.8) is 0 Å². The fourth-order valence-corrected chi connectivity index (χ4v) is 3.54. The summed E-state index contributed by atoms with van der Waals surface area (Å²) in [5, 5.41) is 5.09. The smallest absolute Gasteiger partial charge is 0.338 e. The molecule has 1 aliphatic rings. The van der Waals surface area contributed by atoms with Gasteiger partial charge >= 0.3 is 12.0 Å². The molecule has 0 radical (unpaired) electrons. The minimum absolute atomic E-state index is 0.179. The number of carbonyl (C=O) groups excluding carboxylic acids is 2. The highest BCUT2D eigenvalue weighted by atomic mass is 16.5. The number of hydrogen-bond acceptors (Lipinski definition) is 3. The Morgan fingerprint density at radius 3 is 2.45 bits per heavy atom. The lowest BCUT2D eigenvalue weighted by Gasteiger charge is -2.33. The van der Waals surface area contributed by atoms with Crippen molar-refractivity contribution in [3.8, 4) is 0 Å². The molecule has 0 saturated carbocycles. The molecule has 4 rings (SSSR count). The van der Waals surface area contributed by atoms with E-state index in [4.69, 9.17) is 4.74 Å². The lowest BCUT2D eigenvalue weighted by atomic mass is 9.93. The molecule has 0 saturated heterocycles. The highest BCUT2D eigenvalue weighted by Crippen LogP contribution is 2.32. The van der Waals surface area contributed by atoms with Gasteiger partial charge in [0.2, 0.25) is 0 Å². The van der Waals surface area contributed by atoms with E-state index in [9.17, 15) is 9.59 Å². The summed E-state index contributed by atoms with van der Waals surface area (Å²) < 4.78 is 5.59. The number of fused-ring (bicyclic) bond motifs is 1. The van der Waals surface area contributed by atoms with Crippen LogP contribution in [0.5, 0.6) is 0 Å². The van der Waals surface area contributed by atoms with E-state index in [2.05, 4.69) is 5.32 Å². The summed E-state index contributed by atoms with van der Waals surface area (Å²) in [5.74, 6) is -0.434. The van der Waals surface area contributed by atoms with E-state index >= 15 is 0 Å². The van der Waals surface area contributed by atoms with Crippen molar-refractivity contribution >= 4 is 22.8 Å². The Bertz CT molecular complexity index is 1110. The number of esters is 1. The molecule has 1 heterocycles. The Balaban J connectivity index is 1.68. The molecule has 146 valence electrons. The molecule has 2 amide bonds. The first-order valence-electron chi connectivity index (χ1n) is 9.49. The van der Waals surface area contributed by atoms with E-state index in [1.54, 1.807) is 14.0 Å². The summed E-state index contributed by atoms with van der Waals surface area (Å²) in [7, 11) is 1.64. The lowest BCUT2D eigenvalue weighted by Crippen LogP contribution is -2.46. The number of benzene rings is 3. The number of allylic oxidation sites excluding steroid dienone is 1. The maximum Gasteiger partial charge on any atom is 0.338 e. The van der Waals surface area contributed by atoms with Gasteiger partial charge in [0.15, 0.2) is 0 Å². The molecule has 0 aliphatic carbocycles. The molecule has 3 aromatic rings. The van der Waals surface area contributed by atoms with Crippen LogP contribution >= 0.6 is 0 Å². The number of ether oxygens (including phenoxy) is 1. The van der Waals surface area contributed by atoms with Gasteiger partial charge in [-0.25, -0.2) is 9.59 Å². The molecule has 0 bridgehead atoms. The van der Waals surface area contributed by atoms with Gasteiger partial charge in [0, 0.05) is 12.7 Å². The molecule has 0 aromatic heterocycles. The van der Waals surface area contributed by atoms with Gasteiger partial charge in [-0.1, -0.05) is 66.7 Å². The van der Waals surface area contributed by atoms with Gasteiger partial charge in [-0.15, -0.1) is 0 Å². The SMILES string of the molecule is CC1=C(C(=O)OCc2ccccc2)C(c2ccc3ccccc3c2)NC(=O)N1C. The van der Waals surface area contributed by atoms with Crippen molar-refractivity contribution in [1.82, 2.24) is 10.2 Å². The van der Waals surface area contributed by atoms with Crippen LogP contribution in [-0.4, -0.2) is 23.9 Å². The van der Waals surface area contributed by atoms with Crippen molar-refractivity contribution in [3.05, 3.63) is 95.2 Å². The summed E-state index contributed by atoms with van der Waals surface area (Å²) in [6.07, 6.45) is 0. The quantitative estimate of drug-likeness (QED) is 0.669. The van der Waals surface area contributed by atoms with Gasteiger partial charge in [-0.3, -0.25) is 0 Å². The fourth-order valence-electron chi connectivity index (χ4n) is 3.54. The highest BCUT2D eigenvalue weighted by Gasteiger charge is 2.35. The Morgan fingerprint density at radius 2 is 1.69 bits per heavy atom. The predicted molar refractivity (Wildman–Crippen MR) is 112 cm³/mol. The van der Waals surface area contributed by atoms with Crippen LogP contribution in [0.3, 0.4) is 0 Å². The van der Waals surface area contributed by atoms with Gasteiger partial charge in [-0.05, 0) is 34.9 Å². The van der Waals surface area contributed by atoms with Crippen LogP contribution in [-0.2, 0) is 16.1 Å². The number of nitrogens with one attached hydrogen (secondary N) is 1. The van der Waals surface area contributed by atoms with E-state index in [1.165, 1.54) is 4.90 Å². The number of rotatable bonds is 4. The Labute approximate surface area is 169 Å². The maximum absolute atomic E-state index is 13.0. The monoisotopic (exact) mass is 386 g/mol. The first-order chi connectivity index (χ1) is 14.0. The van der Waals surface area contributed by atoms with Gasteiger partial charge in [-0.2, -0.15) is 0 Å². The summed E-state index contributed by atoms with van der Waals surface area (Å²) in [4.78, 5) is 26.9. The molecular formula is C24H22N2O3. The second-order valence-electron chi connectivity index (χ2n) is 7.11. The Hall–Kier alpha value is -3.60. The van der Waals surface area contributed by atoms with Crippen molar-refractivity contribution < 1.29 is 14.3 Å². The van der Waals surface area contributed by atoms with Crippen molar-refractivity contribution in [2.75, 3.05) is 7.05 Å². The minimum Gasteiger partial charge on any atom is -0.457 e. The van der Waals surface area contributed by atoms with E-state index in [0.29, 0.717) is 11.3 Å². The number of hydrogen-bond donors (Lipinski definition) is 1. The zero-order chi connectivity index (χ0) is 20.4. The van der Waals surface area contributed by atoms with Crippen LogP contribution < -0.4 is 5.32 Å². The molecular weight excluding hydrogens is 364 g/mol. The molecule has 1 unspecified atom stereocenters. The summed E-state index contributed by atoms with van der Waals surface area (Å²) in [6.45, 7) is 1.95. The summed E-state index contributed by atoms with van der Waals surface area (Å²) in [5.41, 5.74) is 2.79. The molecule has 0 fully saturated rings. The van der Waals surface area contributed by atoms with E-state index < -0.39 is 12.0 Å². The van der Waals surface area contributed by atoms with Crippen LogP contribution in [0.25, 0.3) is 10.8 Å². The molecule has 5 nitrogen and oxygen atoms in total. The summed E-state index contributed by atoms with van der Waals surface area (Å²) >= 11 is 0. The topological polar surface area (TPSA) is 58.6 Å². The van der Waals surface area contributed by atoms with Gasteiger partial charge < -0.3 is 15.0 Å². The van der Waals surface area contributed by atoms with Gasteiger partial charge in [0.05, 0.1) is 11.6 Å². The third-order valence-corrected chi connectivity index (χ3v) is 5.29. The first-order valence-corrected chi connectivity index (χ1v) is 9.49. The van der Waals surface area contributed by atoms with Crippen LogP contribution in [0, 0.1) is 0 Å². The first kappa shape index (κ1) is 18.7. The molecule has 29 heavy (non-hydrogen) atoms. The van der Waals surface area contributed by atoms with Crippen molar-refractivity contribution in [2.24, 2.45) is 0 Å². The largest absolute Gasteiger partial charge is 0.457 e. The van der Waals surface area contributed by atoms with Gasteiger partial charge in [0.1, 0.15) is 6.61 Å². The average Bonchev–Trinajstić information content (AvgIpc) is 2.76. The van der Waals surface area contributed by atoms with Crippen molar-refractivity contribution in [1.29, 1.82) is 0 Å². The van der Waals surface area contributed by atoms with Crippen molar-refractivity contribution in [2.45, 2.75) is 19.6 Å². The van der Waals surface area contributed by atoms with Crippen LogP contribution in [0.4, 0.5) is 4.79 Å². The second kappa shape index (κ2) is 7.80. The van der Waals surface area contributed by atoms with E-state index in [0.717, 1.165) is 21.9 Å². The van der Waals surface area contributed by atoms with E-state index in [1.807, 2.05) is 72.8 Å². The zero-order valence-corrected chi connectivity index (χ0v) is 16.4. The highest BCUT2D eigenvalue weighted by molar-refractivity contribution is 5.95. The normalized spacial score (nSPS) is 16.7. The maximum atomic E-state index is 13.0. The molecule has 1 aliphatic heterocycles. The standard InChI is InChI=1S/C24H22N2O3/c1-16-21(23(27)29-15-17-8-4-3-5-9-17)22(25-24(28)26(16)2)20-13-12-18-10-6-7-11-19(18)14-20/h3-14,22H,15H2,1-2H3,(H,25,28). The van der Waals surface area contributed by atoms with Gasteiger partial charge in [0.25, 0.3) is 0 Å². The predicted octanol–water partition coefficient (Wildman–Crippen LogP) is 4.55. The van der Waals surface area contributed by atoms with E-state index in [-0.39, 0.29) is 12.6 Å². The number of nitrogens with zero attached hydrogens (tertiary/aromatic N) is 1. The molecule has 1 N–H and O–H groups in total. The number of carbonyl (C=O) groups is 2. The zero-order valence-electron chi connectivity index (χ0n) is 16.4. The van der Waals surface area contributed by atoms with Crippen LogP contribution in [0.2, 0.25) is 0 Å². The third kappa shape index (κ3) is 3.72. The Kier molecular flexibility index (Phi) is 5.04. The molecule has 3 aromatic carbocycles. The molecule has 1 atom stereocenters. The van der Waals surface area contributed by atoms with Crippen LogP contribution in [0.1, 0.15) is 24.1 Å². The molecule has 5 heteroatoms. The number of amides is 2. The number of urea groups is 1. The average molecular weight is 386 g/mol. The van der Waals surface area contributed by atoms with Crippen LogP contribution in [0.15, 0.2) is 84.1 Å². The molecule has 0 spiro atoms. The Morgan fingerprint density at radius 1 is 1.00 bits per heavy atom. The summed E-state index contributed by atoms with van der Waals surface area (Å²) in [6, 6.07) is 22.7. The lowest BCUT2D eigenvalue weighted by molar-refractivity contribution is -0.141. The second-order valence-corrected chi connectivity index (χ2v) is 7.11. The third-order valence-electron chi connectivity index (χ3n) is 5.29. The minimum atomic E-state index is -0.563. The fraction of sp³-hybridized carbons (Fsp3) is 0.167.